The lowest BCUT2D eigenvalue weighted by atomic mass is 10.2. The molecule has 1 aromatic carbocycles. The highest BCUT2D eigenvalue weighted by Crippen LogP contribution is 2.11. The van der Waals surface area contributed by atoms with Gasteiger partial charge in [0.1, 0.15) is 6.04 Å². The number of rotatable bonds is 5. The number of aliphatic carboxylic acids is 1. The summed E-state index contributed by atoms with van der Waals surface area (Å²) in [5.74, 6) is -1.25. The molecule has 0 aliphatic heterocycles. The quantitative estimate of drug-likeness (QED) is 0.808. The zero-order valence-electron chi connectivity index (χ0n) is 9.62. The van der Waals surface area contributed by atoms with Crippen molar-refractivity contribution < 1.29 is 18.3 Å². The van der Waals surface area contributed by atoms with Crippen LogP contribution in [0.1, 0.15) is 12.5 Å². The van der Waals surface area contributed by atoms with Crippen LogP contribution in [0.3, 0.4) is 0 Å². The Morgan fingerprint density at radius 1 is 1.44 bits per heavy atom. The normalized spacial score (nSPS) is 12.7. The topological polar surface area (TPSA) is 107 Å². The first-order valence-electron chi connectivity index (χ1n) is 5.08. The van der Waals surface area contributed by atoms with Crippen molar-refractivity contribution in [3.05, 3.63) is 29.8 Å². The van der Waals surface area contributed by atoms with E-state index in [1.807, 2.05) is 10.8 Å². The number of sulfonamides is 1. The first kappa shape index (κ1) is 14.2. The molecule has 7 heteroatoms. The number of nitriles is 1. The Morgan fingerprint density at radius 2 is 2.00 bits per heavy atom. The molecular weight excluding hydrogens is 256 g/mol. The number of carboxylic acids is 1. The van der Waals surface area contributed by atoms with Crippen molar-refractivity contribution in [2.45, 2.75) is 24.3 Å². The second-order valence-corrected chi connectivity index (χ2v) is 5.37. The summed E-state index contributed by atoms with van der Waals surface area (Å²) in [6, 6.07) is 6.45. The van der Waals surface area contributed by atoms with Crippen LogP contribution in [0.5, 0.6) is 0 Å². The molecule has 0 aliphatic carbocycles. The maximum atomic E-state index is 11.8. The lowest BCUT2D eigenvalue weighted by Gasteiger charge is -2.10. The van der Waals surface area contributed by atoms with Gasteiger partial charge in [0.2, 0.25) is 10.0 Å². The Kier molecular flexibility index (Phi) is 4.42. The van der Waals surface area contributed by atoms with Gasteiger partial charge < -0.3 is 5.11 Å². The summed E-state index contributed by atoms with van der Waals surface area (Å²) >= 11 is 0. The van der Waals surface area contributed by atoms with E-state index >= 15 is 0 Å². The van der Waals surface area contributed by atoms with Crippen LogP contribution in [0, 0.1) is 11.3 Å². The van der Waals surface area contributed by atoms with Crippen molar-refractivity contribution in [3.63, 3.8) is 0 Å². The summed E-state index contributed by atoms with van der Waals surface area (Å²) in [7, 11) is -3.85. The van der Waals surface area contributed by atoms with Gasteiger partial charge in [-0.05, 0) is 24.6 Å². The monoisotopic (exact) mass is 268 g/mol. The molecule has 0 fully saturated rings. The van der Waals surface area contributed by atoms with Crippen molar-refractivity contribution in [1.29, 1.82) is 5.26 Å². The van der Waals surface area contributed by atoms with Gasteiger partial charge in [-0.1, -0.05) is 12.1 Å². The van der Waals surface area contributed by atoms with Gasteiger partial charge in [-0.2, -0.15) is 9.98 Å². The van der Waals surface area contributed by atoms with E-state index in [4.69, 9.17) is 10.4 Å². The van der Waals surface area contributed by atoms with Crippen LogP contribution in [0.15, 0.2) is 29.2 Å². The molecule has 0 aliphatic rings. The van der Waals surface area contributed by atoms with Gasteiger partial charge in [-0.15, -0.1) is 0 Å². The van der Waals surface area contributed by atoms with Crippen LogP contribution in [-0.2, 0) is 21.2 Å². The second kappa shape index (κ2) is 5.62. The number of carbonyl (C=O) groups is 1. The average Bonchev–Trinajstić information content (AvgIpc) is 2.29. The van der Waals surface area contributed by atoms with Crippen LogP contribution < -0.4 is 4.72 Å². The number of hydrogen-bond donors (Lipinski definition) is 2. The largest absolute Gasteiger partial charge is 0.480 e. The van der Waals surface area contributed by atoms with E-state index in [1.165, 1.54) is 31.2 Å². The number of hydrogen-bond acceptors (Lipinski definition) is 4. The Balaban J connectivity index is 2.92. The van der Waals surface area contributed by atoms with Crippen LogP contribution in [0.4, 0.5) is 0 Å². The Hall–Kier alpha value is -1.91. The minimum Gasteiger partial charge on any atom is -0.480 e. The van der Waals surface area contributed by atoms with E-state index in [1.54, 1.807) is 0 Å². The highest BCUT2D eigenvalue weighted by molar-refractivity contribution is 7.89. The highest BCUT2D eigenvalue weighted by Gasteiger charge is 2.21. The molecule has 1 rings (SSSR count). The van der Waals surface area contributed by atoms with Gasteiger partial charge in [-0.25, -0.2) is 8.42 Å². The molecule has 6 nitrogen and oxygen atoms in total. The first-order valence-corrected chi connectivity index (χ1v) is 6.56. The number of benzene rings is 1. The second-order valence-electron chi connectivity index (χ2n) is 3.66. The van der Waals surface area contributed by atoms with Crippen molar-refractivity contribution in [2.75, 3.05) is 0 Å². The number of nitrogens with one attached hydrogen (secondary N) is 1. The standard InChI is InChI=1S/C11H12N2O4S/c1-8(11(14)15)13-18(16,17)10-4-2-9(3-5-10)6-7-12/h2-5,8,13H,6H2,1H3,(H,14,15)/t8-/m1/s1. The maximum Gasteiger partial charge on any atom is 0.321 e. The van der Waals surface area contributed by atoms with Crippen LogP contribution in [0.25, 0.3) is 0 Å². The molecule has 1 aromatic rings. The summed E-state index contributed by atoms with van der Waals surface area (Å²) < 4.78 is 25.6. The zero-order valence-corrected chi connectivity index (χ0v) is 10.4. The fraction of sp³-hybridized carbons (Fsp3) is 0.273. The van der Waals surface area contributed by atoms with E-state index < -0.39 is 22.0 Å². The Labute approximate surface area is 105 Å². The minimum atomic E-state index is -3.85. The molecule has 0 saturated heterocycles. The average molecular weight is 268 g/mol. The Bertz CT molecular complexity index is 572. The molecule has 0 amide bonds. The molecule has 0 bridgehead atoms. The van der Waals surface area contributed by atoms with E-state index in [-0.39, 0.29) is 11.3 Å². The molecule has 0 spiro atoms. The molecule has 18 heavy (non-hydrogen) atoms. The predicted octanol–water partition coefficient (Wildman–Crippen LogP) is 0.504. The van der Waals surface area contributed by atoms with Crippen LogP contribution >= 0.6 is 0 Å². The molecule has 96 valence electrons. The van der Waals surface area contributed by atoms with E-state index in [0.29, 0.717) is 5.56 Å². The van der Waals surface area contributed by atoms with Gasteiger partial charge in [0.15, 0.2) is 0 Å². The minimum absolute atomic E-state index is 0.0303. The van der Waals surface area contributed by atoms with Gasteiger partial charge in [0, 0.05) is 0 Å². The molecule has 0 aromatic heterocycles. The van der Waals surface area contributed by atoms with E-state index in [9.17, 15) is 13.2 Å². The fourth-order valence-corrected chi connectivity index (χ4v) is 2.43. The molecular formula is C11H12N2O4S. The fourth-order valence-electron chi connectivity index (χ4n) is 1.23. The zero-order chi connectivity index (χ0) is 13.8. The molecule has 0 heterocycles. The SMILES string of the molecule is C[C@@H](NS(=O)(=O)c1ccc(CC#N)cc1)C(=O)O. The lowest BCUT2D eigenvalue weighted by Crippen LogP contribution is -2.38. The van der Waals surface area contributed by atoms with Crippen molar-refractivity contribution >= 4 is 16.0 Å². The van der Waals surface area contributed by atoms with Crippen LogP contribution in [0.2, 0.25) is 0 Å². The van der Waals surface area contributed by atoms with Crippen molar-refractivity contribution in [1.82, 2.24) is 4.72 Å². The van der Waals surface area contributed by atoms with Gasteiger partial charge >= 0.3 is 5.97 Å². The molecule has 0 saturated carbocycles. The smallest absolute Gasteiger partial charge is 0.321 e. The predicted molar refractivity (Wildman–Crippen MR) is 63.2 cm³/mol. The van der Waals surface area contributed by atoms with Crippen molar-refractivity contribution in [2.24, 2.45) is 0 Å². The summed E-state index contributed by atoms with van der Waals surface area (Å²) in [6.45, 7) is 1.24. The van der Waals surface area contributed by atoms with Crippen molar-refractivity contribution in [3.8, 4) is 6.07 Å². The molecule has 0 unspecified atom stereocenters. The number of nitrogens with zero attached hydrogens (tertiary/aromatic N) is 1. The lowest BCUT2D eigenvalue weighted by molar-refractivity contribution is -0.138. The first-order chi connectivity index (χ1) is 8.36. The molecule has 2 N–H and O–H groups in total. The van der Waals surface area contributed by atoms with E-state index in [0.717, 1.165) is 0 Å². The summed E-state index contributed by atoms with van der Waals surface area (Å²) in [5, 5.41) is 17.1. The summed E-state index contributed by atoms with van der Waals surface area (Å²) in [6.07, 6.45) is 0.194. The molecule has 1 atom stereocenters. The summed E-state index contributed by atoms with van der Waals surface area (Å²) in [5.41, 5.74) is 0.697. The Morgan fingerprint density at radius 3 is 2.44 bits per heavy atom. The third kappa shape index (κ3) is 3.55. The van der Waals surface area contributed by atoms with Gasteiger partial charge in [0.25, 0.3) is 0 Å². The van der Waals surface area contributed by atoms with Crippen LogP contribution in [-0.4, -0.2) is 25.5 Å². The summed E-state index contributed by atoms with van der Waals surface area (Å²) in [4.78, 5) is 10.6. The van der Waals surface area contributed by atoms with Gasteiger partial charge in [0.05, 0.1) is 17.4 Å². The third-order valence-electron chi connectivity index (χ3n) is 2.22. The maximum absolute atomic E-state index is 11.8. The van der Waals surface area contributed by atoms with E-state index in [2.05, 4.69) is 0 Å². The highest BCUT2D eigenvalue weighted by atomic mass is 32.2. The number of carboxylic acid groups (broad SMARTS) is 1. The third-order valence-corrected chi connectivity index (χ3v) is 3.78. The molecule has 0 radical (unpaired) electrons. The van der Waals surface area contributed by atoms with Gasteiger partial charge in [-0.3, -0.25) is 4.79 Å².